The maximum absolute atomic E-state index is 5.13. The van der Waals surface area contributed by atoms with Crippen LogP contribution in [0.1, 0.15) is 25.0 Å². The van der Waals surface area contributed by atoms with Gasteiger partial charge >= 0.3 is 0 Å². The third-order valence-corrected chi connectivity index (χ3v) is 1.88. The highest BCUT2D eigenvalue weighted by atomic mass is 15.3. The van der Waals surface area contributed by atoms with Gasteiger partial charge in [0, 0.05) is 13.5 Å². The van der Waals surface area contributed by atoms with E-state index in [9.17, 15) is 0 Å². The molecule has 0 atom stereocenters. The molecule has 1 rings (SSSR count). The number of rotatable bonds is 5. The van der Waals surface area contributed by atoms with Gasteiger partial charge in [-0.1, -0.05) is 12.8 Å². The average molecular weight is 192 g/mol. The van der Waals surface area contributed by atoms with Gasteiger partial charge in [0.2, 0.25) is 0 Å². The summed E-state index contributed by atoms with van der Waals surface area (Å²) >= 11 is 0. The van der Waals surface area contributed by atoms with Crippen LogP contribution in [-0.4, -0.2) is 21.3 Å². The number of aryl methyl sites for hydroxylation is 2. The molecule has 1 aromatic heterocycles. The summed E-state index contributed by atoms with van der Waals surface area (Å²) < 4.78 is 1.80. The molecular weight excluding hydrogens is 176 g/mol. The van der Waals surface area contributed by atoms with Crippen molar-refractivity contribution in [2.24, 2.45) is 7.05 Å². The Labute approximate surface area is 84.7 Å². The van der Waals surface area contributed by atoms with Crippen molar-refractivity contribution in [3.8, 4) is 12.3 Å². The van der Waals surface area contributed by atoms with Gasteiger partial charge in [-0.2, -0.15) is 5.10 Å². The quantitative estimate of drug-likeness (QED) is 0.545. The van der Waals surface area contributed by atoms with E-state index in [0.29, 0.717) is 13.1 Å². The predicted octanol–water partition coefficient (Wildman–Crippen LogP) is 0.490. The van der Waals surface area contributed by atoms with Gasteiger partial charge in [-0.25, -0.2) is 4.98 Å². The number of terminal acetylenes is 1. The van der Waals surface area contributed by atoms with Crippen LogP contribution in [0.4, 0.5) is 0 Å². The van der Waals surface area contributed by atoms with Crippen molar-refractivity contribution in [3.05, 3.63) is 11.6 Å². The SMILES string of the molecule is C#CCNCc1nc(CCC)nn1C. The summed E-state index contributed by atoms with van der Waals surface area (Å²) in [5, 5.41) is 7.38. The molecule has 14 heavy (non-hydrogen) atoms. The number of hydrogen-bond donors (Lipinski definition) is 1. The molecule has 0 spiro atoms. The molecule has 0 bridgehead atoms. The molecule has 4 heteroatoms. The van der Waals surface area contributed by atoms with Crippen molar-refractivity contribution in [2.45, 2.75) is 26.3 Å². The predicted molar refractivity (Wildman–Crippen MR) is 55.5 cm³/mol. The van der Waals surface area contributed by atoms with Gasteiger partial charge in [-0.05, 0) is 6.42 Å². The molecular formula is C10H16N4. The Morgan fingerprint density at radius 3 is 3.00 bits per heavy atom. The van der Waals surface area contributed by atoms with Crippen LogP contribution in [0.2, 0.25) is 0 Å². The summed E-state index contributed by atoms with van der Waals surface area (Å²) in [5.74, 6) is 4.36. The van der Waals surface area contributed by atoms with E-state index in [1.165, 1.54) is 0 Å². The number of nitrogens with zero attached hydrogens (tertiary/aromatic N) is 3. The summed E-state index contributed by atoms with van der Waals surface area (Å²) in [4.78, 5) is 4.39. The van der Waals surface area contributed by atoms with Gasteiger partial charge in [-0.3, -0.25) is 10.00 Å². The largest absolute Gasteiger partial charge is 0.299 e. The minimum absolute atomic E-state index is 0.565. The van der Waals surface area contributed by atoms with Crippen LogP contribution in [0.3, 0.4) is 0 Å². The van der Waals surface area contributed by atoms with Crippen LogP contribution in [0.15, 0.2) is 0 Å². The van der Waals surface area contributed by atoms with Crippen molar-refractivity contribution < 1.29 is 0 Å². The van der Waals surface area contributed by atoms with Gasteiger partial charge in [0.05, 0.1) is 13.1 Å². The lowest BCUT2D eigenvalue weighted by Gasteiger charge is -1.98. The summed E-state index contributed by atoms with van der Waals surface area (Å²) in [6, 6.07) is 0. The maximum atomic E-state index is 5.13. The van der Waals surface area contributed by atoms with Gasteiger partial charge in [0.25, 0.3) is 0 Å². The van der Waals surface area contributed by atoms with E-state index in [1.54, 1.807) is 4.68 Å². The minimum atomic E-state index is 0.565. The molecule has 0 fully saturated rings. The second kappa shape index (κ2) is 5.40. The Bertz CT molecular complexity index is 321. The van der Waals surface area contributed by atoms with Crippen molar-refractivity contribution in [2.75, 3.05) is 6.54 Å². The van der Waals surface area contributed by atoms with Crippen LogP contribution in [-0.2, 0) is 20.0 Å². The van der Waals surface area contributed by atoms with E-state index in [1.807, 2.05) is 7.05 Å². The summed E-state index contributed by atoms with van der Waals surface area (Å²) in [6.07, 6.45) is 7.13. The van der Waals surface area contributed by atoms with Crippen LogP contribution in [0, 0.1) is 12.3 Å². The van der Waals surface area contributed by atoms with Gasteiger partial charge < -0.3 is 0 Å². The third kappa shape index (κ3) is 2.86. The normalized spacial score (nSPS) is 10.1. The highest BCUT2D eigenvalue weighted by molar-refractivity contribution is 4.94. The van der Waals surface area contributed by atoms with E-state index < -0.39 is 0 Å². The van der Waals surface area contributed by atoms with Crippen molar-refractivity contribution in [1.82, 2.24) is 20.1 Å². The van der Waals surface area contributed by atoms with Gasteiger partial charge in [0.15, 0.2) is 5.82 Å². The molecule has 4 nitrogen and oxygen atoms in total. The monoisotopic (exact) mass is 192 g/mol. The average Bonchev–Trinajstić information content (AvgIpc) is 2.48. The maximum Gasteiger partial charge on any atom is 0.150 e. The number of hydrogen-bond acceptors (Lipinski definition) is 3. The molecule has 1 heterocycles. The zero-order valence-electron chi connectivity index (χ0n) is 8.75. The van der Waals surface area contributed by atoms with Crippen molar-refractivity contribution >= 4 is 0 Å². The van der Waals surface area contributed by atoms with E-state index in [4.69, 9.17) is 6.42 Å². The lowest BCUT2D eigenvalue weighted by atomic mass is 10.3. The Balaban J connectivity index is 2.54. The molecule has 0 aromatic carbocycles. The highest BCUT2D eigenvalue weighted by Crippen LogP contribution is 1.99. The zero-order chi connectivity index (χ0) is 10.4. The first-order valence-corrected chi connectivity index (χ1v) is 4.81. The molecule has 76 valence electrons. The fourth-order valence-corrected chi connectivity index (χ4v) is 1.20. The molecule has 0 aliphatic rings. The van der Waals surface area contributed by atoms with Gasteiger partial charge in [-0.15, -0.1) is 6.42 Å². The first-order valence-electron chi connectivity index (χ1n) is 4.81. The third-order valence-electron chi connectivity index (χ3n) is 1.88. The van der Waals surface area contributed by atoms with E-state index in [-0.39, 0.29) is 0 Å². The molecule has 0 saturated heterocycles. The molecule has 0 amide bonds. The van der Waals surface area contributed by atoms with Crippen LogP contribution in [0.5, 0.6) is 0 Å². The fraction of sp³-hybridized carbons (Fsp3) is 0.600. The Kier molecular flexibility index (Phi) is 4.14. The summed E-state index contributed by atoms with van der Waals surface area (Å²) in [5.41, 5.74) is 0. The van der Waals surface area contributed by atoms with Crippen LogP contribution < -0.4 is 5.32 Å². The number of aromatic nitrogens is 3. The van der Waals surface area contributed by atoms with Crippen LogP contribution in [0.25, 0.3) is 0 Å². The Hall–Kier alpha value is -1.34. The van der Waals surface area contributed by atoms with Crippen LogP contribution >= 0.6 is 0 Å². The zero-order valence-corrected chi connectivity index (χ0v) is 8.75. The molecule has 0 saturated carbocycles. The lowest BCUT2D eigenvalue weighted by molar-refractivity contribution is 0.643. The fourth-order valence-electron chi connectivity index (χ4n) is 1.20. The molecule has 0 aliphatic heterocycles. The second-order valence-corrected chi connectivity index (χ2v) is 3.13. The van der Waals surface area contributed by atoms with Crippen molar-refractivity contribution in [3.63, 3.8) is 0 Å². The first-order chi connectivity index (χ1) is 6.77. The summed E-state index contributed by atoms with van der Waals surface area (Å²) in [6.45, 7) is 3.36. The van der Waals surface area contributed by atoms with Gasteiger partial charge in [0.1, 0.15) is 5.82 Å². The highest BCUT2D eigenvalue weighted by Gasteiger charge is 2.04. The molecule has 1 N–H and O–H groups in total. The number of nitrogens with one attached hydrogen (secondary N) is 1. The topological polar surface area (TPSA) is 42.7 Å². The molecule has 0 radical (unpaired) electrons. The van der Waals surface area contributed by atoms with E-state index in [0.717, 1.165) is 24.5 Å². The molecule has 0 aliphatic carbocycles. The molecule has 0 unspecified atom stereocenters. The summed E-state index contributed by atoms with van der Waals surface area (Å²) in [7, 11) is 1.90. The molecule has 1 aromatic rings. The Morgan fingerprint density at radius 2 is 2.36 bits per heavy atom. The smallest absolute Gasteiger partial charge is 0.150 e. The van der Waals surface area contributed by atoms with Crippen molar-refractivity contribution in [1.29, 1.82) is 0 Å². The van der Waals surface area contributed by atoms with E-state index >= 15 is 0 Å². The lowest BCUT2D eigenvalue weighted by Crippen LogP contribution is -2.16. The van der Waals surface area contributed by atoms with E-state index in [2.05, 4.69) is 28.2 Å². The first kappa shape index (κ1) is 10.7. The second-order valence-electron chi connectivity index (χ2n) is 3.13. The standard InChI is InChI=1S/C10H16N4/c1-4-6-9-12-10(14(3)13-9)8-11-7-5-2/h2,11H,4,6-8H2,1,3H3. The Morgan fingerprint density at radius 1 is 1.57 bits per heavy atom. The minimum Gasteiger partial charge on any atom is -0.299 e.